The Morgan fingerprint density at radius 1 is 1.30 bits per heavy atom. The Kier molecular flexibility index (Phi) is 5.99. The van der Waals surface area contributed by atoms with Gasteiger partial charge < -0.3 is 10.2 Å². The number of aromatic nitrogens is 1. The number of nitrogens with zero attached hydrogens (tertiary/aromatic N) is 2. The molecule has 1 aromatic heterocycles. The molecule has 0 bridgehead atoms. The van der Waals surface area contributed by atoms with E-state index in [0.29, 0.717) is 12.1 Å². The zero-order chi connectivity index (χ0) is 14.4. The van der Waals surface area contributed by atoms with Gasteiger partial charge in [0.05, 0.1) is 5.69 Å². The fourth-order valence-corrected chi connectivity index (χ4v) is 3.24. The first-order valence-corrected chi connectivity index (χ1v) is 8.10. The van der Waals surface area contributed by atoms with E-state index in [4.69, 9.17) is 0 Å². The summed E-state index contributed by atoms with van der Waals surface area (Å²) in [5.74, 6) is 0.800. The van der Waals surface area contributed by atoms with Crippen LogP contribution < -0.4 is 5.32 Å². The van der Waals surface area contributed by atoms with Crippen molar-refractivity contribution >= 4 is 0 Å². The Balaban J connectivity index is 1.79. The first kappa shape index (κ1) is 15.5. The molecule has 1 aromatic rings. The lowest BCUT2D eigenvalue weighted by Gasteiger charge is -2.36. The standard InChI is InChI=1S/C17H29N3/c1-4-11-20-12-8-16(9-13-20)14(2)19-15(3)17-7-5-6-10-18-17/h5-7,10,14-16,19H,4,8-9,11-13H2,1-3H3/t14?,15-/m0/s1. The molecule has 0 saturated carbocycles. The Hall–Kier alpha value is -0.930. The lowest BCUT2D eigenvalue weighted by atomic mass is 9.89. The maximum Gasteiger partial charge on any atom is 0.0570 e. The second kappa shape index (κ2) is 7.75. The molecule has 0 spiro atoms. The lowest BCUT2D eigenvalue weighted by Crippen LogP contribution is -2.42. The molecule has 1 aliphatic heterocycles. The minimum absolute atomic E-state index is 0.333. The van der Waals surface area contributed by atoms with Crippen LogP contribution in [0, 0.1) is 5.92 Å². The zero-order valence-electron chi connectivity index (χ0n) is 13.2. The minimum atomic E-state index is 0.333. The van der Waals surface area contributed by atoms with Crippen molar-refractivity contribution in [1.82, 2.24) is 15.2 Å². The van der Waals surface area contributed by atoms with Gasteiger partial charge in [0, 0.05) is 18.3 Å². The van der Waals surface area contributed by atoms with Gasteiger partial charge in [0.2, 0.25) is 0 Å². The SMILES string of the molecule is CCCN1CCC(C(C)N[C@@H](C)c2ccccn2)CC1. The zero-order valence-corrected chi connectivity index (χ0v) is 13.2. The molecule has 2 rings (SSSR count). The molecule has 3 heteroatoms. The first-order chi connectivity index (χ1) is 9.70. The van der Waals surface area contributed by atoms with Crippen LogP contribution in [0.2, 0.25) is 0 Å². The summed E-state index contributed by atoms with van der Waals surface area (Å²) in [7, 11) is 0. The van der Waals surface area contributed by atoms with Crippen LogP contribution in [0.1, 0.15) is 51.8 Å². The summed E-state index contributed by atoms with van der Waals surface area (Å²) < 4.78 is 0. The molecular formula is C17H29N3. The maximum absolute atomic E-state index is 4.44. The largest absolute Gasteiger partial charge is 0.306 e. The van der Waals surface area contributed by atoms with Gasteiger partial charge in [-0.2, -0.15) is 0 Å². The van der Waals surface area contributed by atoms with Crippen molar-refractivity contribution < 1.29 is 0 Å². The molecule has 1 N–H and O–H groups in total. The van der Waals surface area contributed by atoms with E-state index in [9.17, 15) is 0 Å². The van der Waals surface area contributed by atoms with Crippen molar-refractivity contribution in [1.29, 1.82) is 0 Å². The van der Waals surface area contributed by atoms with Crippen LogP contribution in [0.4, 0.5) is 0 Å². The molecule has 1 unspecified atom stereocenters. The summed E-state index contributed by atoms with van der Waals surface area (Å²) in [5.41, 5.74) is 1.14. The monoisotopic (exact) mass is 275 g/mol. The Labute approximate surface area is 123 Å². The number of rotatable bonds is 6. The quantitative estimate of drug-likeness (QED) is 0.864. The van der Waals surface area contributed by atoms with Crippen molar-refractivity contribution in [2.75, 3.05) is 19.6 Å². The average Bonchev–Trinajstić information content (AvgIpc) is 2.49. The predicted octanol–water partition coefficient (Wildman–Crippen LogP) is 3.24. The van der Waals surface area contributed by atoms with Crippen molar-refractivity contribution in [3.8, 4) is 0 Å². The molecule has 0 amide bonds. The minimum Gasteiger partial charge on any atom is -0.306 e. The van der Waals surface area contributed by atoms with Crippen LogP contribution in [0.25, 0.3) is 0 Å². The highest BCUT2D eigenvalue weighted by Crippen LogP contribution is 2.22. The van der Waals surface area contributed by atoms with Gasteiger partial charge in [0.25, 0.3) is 0 Å². The molecule has 2 atom stereocenters. The highest BCUT2D eigenvalue weighted by atomic mass is 15.1. The number of hydrogen-bond acceptors (Lipinski definition) is 3. The molecular weight excluding hydrogens is 246 g/mol. The number of nitrogens with one attached hydrogen (secondary N) is 1. The van der Waals surface area contributed by atoms with Crippen molar-refractivity contribution in [2.45, 2.75) is 52.1 Å². The van der Waals surface area contributed by atoms with E-state index in [2.05, 4.69) is 48.1 Å². The van der Waals surface area contributed by atoms with Crippen molar-refractivity contribution in [2.24, 2.45) is 5.92 Å². The summed E-state index contributed by atoms with van der Waals surface area (Å²) in [6.07, 6.45) is 5.79. The fourth-order valence-electron chi connectivity index (χ4n) is 3.24. The van der Waals surface area contributed by atoms with E-state index in [0.717, 1.165) is 11.6 Å². The topological polar surface area (TPSA) is 28.2 Å². The second-order valence-corrected chi connectivity index (χ2v) is 6.11. The molecule has 112 valence electrons. The van der Waals surface area contributed by atoms with E-state index in [-0.39, 0.29) is 0 Å². The number of pyridine rings is 1. The molecule has 1 fully saturated rings. The third kappa shape index (κ3) is 4.29. The molecule has 0 radical (unpaired) electrons. The molecule has 0 aromatic carbocycles. The summed E-state index contributed by atoms with van der Waals surface area (Å²) in [5, 5.41) is 3.73. The first-order valence-electron chi connectivity index (χ1n) is 8.10. The van der Waals surface area contributed by atoms with Gasteiger partial charge >= 0.3 is 0 Å². The Morgan fingerprint density at radius 2 is 2.05 bits per heavy atom. The smallest absolute Gasteiger partial charge is 0.0570 e. The Morgan fingerprint density at radius 3 is 2.65 bits per heavy atom. The summed E-state index contributed by atoms with van der Waals surface area (Å²) in [6, 6.07) is 7.04. The summed E-state index contributed by atoms with van der Waals surface area (Å²) in [6.45, 7) is 10.6. The van der Waals surface area contributed by atoms with Gasteiger partial charge in [0.15, 0.2) is 0 Å². The van der Waals surface area contributed by atoms with E-state index < -0.39 is 0 Å². The highest BCUT2D eigenvalue weighted by Gasteiger charge is 2.24. The molecule has 1 aliphatic rings. The van der Waals surface area contributed by atoms with E-state index in [1.165, 1.54) is 38.9 Å². The van der Waals surface area contributed by atoms with Gasteiger partial charge in [-0.1, -0.05) is 13.0 Å². The van der Waals surface area contributed by atoms with Crippen LogP contribution in [-0.2, 0) is 0 Å². The number of likely N-dealkylation sites (tertiary alicyclic amines) is 1. The lowest BCUT2D eigenvalue weighted by molar-refractivity contribution is 0.159. The second-order valence-electron chi connectivity index (χ2n) is 6.11. The highest BCUT2D eigenvalue weighted by molar-refractivity contribution is 5.07. The number of piperidine rings is 1. The Bertz CT molecular complexity index is 371. The maximum atomic E-state index is 4.44. The van der Waals surface area contributed by atoms with Crippen LogP contribution in [0.15, 0.2) is 24.4 Å². The van der Waals surface area contributed by atoms with E-state index in [1.54, 1.807) is 0 Å². The molecule has 20 heavy (non-hydrogen) atoms. The fraction of sp³-hybridized carbons (Fsp3) is 0.706. The van der Waals surface area contributed by atoms with Gasteiger partial charge in [-0.3, -0.25) is 4.98 Å². The van der Waals surface area contributed by atoms with Crippen molar-refractivity contribution in [3.05, 3.63) is 30.1 Å². The molecule has 0 aliphatic carbocycles. The summed E-state index contributed by atoms with van der Waals surface area (Å²) >= 11 is 0. The molecule has 3 nitrogen and oxygen atoms in total. The van der Waals surface area contributed by atoms with Gasteiger partial charge in [-0.05, 0) is 70.8 Å². The van der Waals surface area contributed by atoms with Crippen LogP contribution in [-0.4, -0.2) is 35.6 Å². The average molecular weight is 275 g/mol. The normalized spacial score (nSPS) is 20.8. The van der Waals surface area contributed by atoms with Crippen LogP contribution >= 0.6 is 0 Å². The number of hydrogen-bond donors (Lipinski definition) is 1. The van der Waals surface area contributed by atoms with E-state index >= 15 is 0 Å². The molecule has 1 saturated heterocycles. The molecule has 2 heterocycles. The van der Waals surface area contributed by atoms with Gasteiger partial charge in [-0.25, -0.2) is 0 Å². The van der Waals surface area contributed by atoms with Crippen molar-refractivity contribution in [3.63, 3.8) is 0 Å². The third-order valence-corrected chi connectivity index (χ3v) is 4.52. The predicted molar refractivity (Wildman–Crippen MR) is 84.7 cm³/mol. The van der Waals surface area contributed by atoms with Gasteiger partial charge in [0.1, 0.15) is 0 Å². The van der Waals surface area contributed by atoms with Crippen LogP contribution in [0.5, 0.6) is 0 Å². The van der Waals surface area contributed by atoms with Gasteiger partial charge in [-0.15, -0.1) is 0 Å². The summed E-state index contributed by atoms with van der Waals surface area (Å²) in [4.78, 5) is 7.05. The van der Waals surface area contributed by atoms with E-state index in [1.807, 2.05) is 12.3 Å². The third-order valence-electron chi connectivity index (χ3n) is 4.52. The van der Waals surface area contributed by atoms with Crippen LogP contribution in [0.3, 0.4) is 0 Å².